The molecule has 2 aromatic heterocycles. The van der Waals surface area contributed by atoms with E-state index in [0.29, 0.717) is 12.5 Å². The van der Waals surface area contributed by atoms with Gasteiger partial charge in [0.25, 0.3) is 0 Å². The number of nitrogens with zero attached hydrogens (tertiary/aromatic N) is 6. The monoisotopic (exact) mass is 341 g/mol. The quantitative estimate of drug-likeness (QED) is 0.885. The van der Waals surface area contributed by atoms with Crippen molar-refractivity contribution in [3.05, 3.63) is 30.1 Å². The highest BCUT2D eigenvalue weighted by Crippen LogP contribution is 2.21. The van der Waals surface area contributed by atoms with E-state index in [9.17, 15) is 4.79 Å². The number of fused-ring (bicyclic) bond motifs is 1. The summed E-state index contributed by atoms with van der Waals surface area (Å²) in [4.78, 5) is 23.5. The highest BCUT2D eigenvalue weighted by Gasteiger charge is 2.30. The molecule has 0 saturated carbocycles. The number of rotatable bonds is 3. The van der Waals surface area contributed by atoms with Gasteiger partial charge in [0.15, 0.2) is 0 Å². The lowest BCUT2D eigenvalue weighted by atomic mass is 9.96. The maximum atomic E-state index is 12.8. The first-order chi connectivity index (χ1) is 12.2. The second kappa shape index (κ2) is 6.78. The van der Waals surface area contributed by atoms with Gasteiger partial charge in [-0.1, -0.05) is 0 Å². The van der Waals surface area contributed by atoms with E-state index < -0.39 is 0 Å². The van der Waals surface area contributed by atoms with Crippen LogP contribution in [-0.2, 0) is 17.8 Å². The van der Waals surface area contributed by atoms with E-state index in [0.717, 1.165) is 50.4 Å². The number of carbonyl (C=O) groups is 1. The van der Waals surface area contributed by atoms with Crippen LogP contribution in [0.5, 0.6) is 0 Å². The topological polar surface area (TPSA) is 88.8 Å². The van der Waals surface area contributed by atoms with Crippen LogP contribution in [0.25, 0.3) is 0 Å². The first kappa shape index (κ1) is 16.0. The summed E-state index contributed by atoms with van der Waals surface area (Å²) in [6.45, 7) is 4.30. The molecule has 0 radical (unpaired) electrons. The Morgan fingerprint density at radius 2 is 2.04 bits per heavy atom. The summed E-state index contributed by atoms with van der Waals surface area (Å²) in [5.41, 5.74) is 0. The fourth-order valence-corrected chi connectivity index (χ4v) is 3.73. The predicted octanol–water partition coefficient (Wildman–Crippen LogP) is 0.724. The van der Waals surface area contributed by atoms with Crippen molar-refractivity contribution in [1.82, 2.24) is 30.0 Å². The molecule has 0 spiro atoms. The van der Waals surface area contributed by atoms with Crippen LogP contribution in [0.2, 0.25) is 0 Å². The third kappa shape index (κ3) is 3.33. The molecule has 0 unspecified atom stereocenters. The van der Waals surface area contributed by atoms with Gasteiger partial charge in [-0.05, 0) is 32.3 Å². The van der Waals surface area contributed by atoms with Crippen LogP contribution < -0.4 is 10.2 Å². The van der Waals surface area contributed by atoms with Gasteiger partial charge in [-0.25, -0.2) is 9.97 Å². The first-order valence-corrected chi connectivity index (χ1v) is 8.92. The van der Waals surface area contributed by atoms with Crippen molar-refractivity contribution in [3.8, 4) is 0 Å². The Labute approximate surface area is 146 Å². The molecule has 0 aromatic carbocycles. The molecule has 8 nitrogen and oxygen atoms in total. The van der Waals surface area contributed by atoms with E-state index in [-0.39, 0.29) is 17.9 Å². The van der Waals surface area contributed by atoms with Crippen LogP contribution in [0.4, 0.5) is 5.95 Å². The fraction of sp³-hybridized carbons (Fsp3) is 0.588. The third-order valence-corrected chi connectivity index (χ3v) is 5.11. The Kier molecular flexibility index (Phi) is 4.33. The molecule has 1 fully saturated rings. The summed E-state index contributed by atoms with van der Waals surface area (Å²) >= 11 is 0. The summed E-state index contributed by atoms with van der Waals surface area (Å²) in [6.07, 6.45) is 7.16. The number of amides is 1. The van der Waals surface area contributed by atoms with Gasteiger partial charge in [-0.15, -0.1) is 10.2 Å². The van der Waals surface area contributed by atoms with Crippen LogP contribution in [0.3, 0.4) is 0 Å². The van der Waals surface area contributed by atoms with Crippen molar-refractivity contribution < 1.29 is 4.79 Å². The molecule has 2 aromatic rings. The lowest BCUT2D eigenvalue weighted by Gasteiger charge is -2.33. The van der Waals surface area contributed by atoms with Crippen LogP contribution in [-0.4, -0.2) is 49.8 Å². The zero-order chi connectivity index (χ0) is 17.2. The maximum absolute atomic E-state index is 12.8. The highest BCUT2D eigenvalue weighted by molar-refractivity contribution is 5.79. The standard InChI is InChI=1S/C17H23N7O/c1-12-21-22-15-6-5-14(11-24(12)15)20-16(25)13-4-2-9-23(10-13)17-18-7-3-8-19-17/h3,7-8,13-14H,2,4-6,9-11H2,1H3,(H,20,25)/t13-,14-/m1/s1. The van der Waals surface area contributed by atoms with E-state index in [1.165, 1.54) is 0 Å². The van der Waals surface area contributed by atoms with E-state index in [2.05, 4.69) is 34.9 Å². The number of piperidine rings is 1. The van der Waals surface area contributed by atoms with Gasteiger partial charge in [0.05, 0.1) is 5.92 Å². The zero-order valence-corrected chi connectivity index (χ0v) is 14.4. The maximum Gasteiger partial charge on any atom is 0.225 e. The molecule has 1 saturated heterocycles. The third-order valence-electron chi connectivity index (χ3n) is 5.11. The molecule has 8 heteroatoms. The minimum absolute atomic E-state index is 0.0130. The molecule has 0 aliphatic carbocycles. The fourth-order valence-electron chi connectivity index (χ4n) is 3.73. The predicted molar refractivity (Wildman–Crippen MR) is 92.0 cm³/mol. The van der Waals surface area contributed by atoms with E-state index in [1.54, 1.807) is 12.4 Å². The molecular weight excluding hydrogens is 318 g/mol. The molecule has 2 aliphatic rings. The molecule has 25 heavy (non-hydrogen) atoms. The average molecular weight is 341 g/mol. The van der Waals surface area contributed by atoms with Crippen molar-refractivity contribution in [3.63, 3.8) is 0 Å². The van der Waals surface area contributed by atoms with Gasteiger partial charge in [-0.2, -0.15) is 0 Å². The van der Waals surface area contributed by atoms with Gasteiger partial charge in [-0.3, -0.25) is 4.79 Å². The van der Waals surface area contributed by atoms with E-state index >= 15 is 0 Å². The number of nitrogens with one attached hydrogen (secondary N) is 1. The molecule has 1 N–H and O–H groups in total. The Morgan fingerprint density at radius 1 is 1.20 bits per heavy atom. The van der Waals surface area contributed by atoms with Crippen LogP contribution >= 0.6 is 0 Å². The molecule has 4 rings (SSSR count). The lowest BCUT2D eigenvalue weighted by Crippen LogP contribution is -2.48. The summed E-state index contributed by atoms with van der Waals surface area (Å²) in [5, 5.41) is 11.5. The number of aromatic nitrogens is 5. The van der Waals surface area contributed by atoms with E-state index in [4.69, 9.17) is 0 Å². The second-order valence-electron chi connectivity index (χ2n) is 6.85. The van der Waals surface area contributed by atoms with Gasteiger partial charge in [0.1, 0.15) is 11.6 Å². The second-order valence-corrected chi connectivity index (χ2v) is 6.85. The molecule has 2 atom stereocenters. The summed E-state index contributed by atoms with van der Waals surface area (Å²) in [7, 11) is 0. The minimum Gasteiger partial charge on any atom is -0.351 e. The molecular formula is C17H23N7O. The van der Waals surface area contributed by atoms with Gasteiger partial charge < -0.3 is 14.8 Å². The van der Waals surface area contributed by atoms with Gasteiger partial charge >= 0.3 is 0 Å². The zero-order valence-electron chi connectivity index (χ0n) is 14.4. The summed E-state index contributed by atoms with van der Waals surface area (Å²) < 4.78 is 2.11. The smallest absolute Gasteiger partial charge is 0.225 e. The molecule has 4 heterocycles. The molecule has 132 valence electrons. The highest BCUT2D eigenvalue weighted by atomic mass is 16.2. The minimum atomic E-state index is -0.0130. The summed E-state index contributed by atoms with van der Waals surface area (Å²) in [6, 6.07) is 1.96. The SMILES string of the molecule is Cc1nnc2n1C[C@H](NC(=O)[C@@H]1CCCN(c3ncccn3)C1)CC2. The lowest BCUT2D eigenvalue weighted by molar-refractivity contribution is -0.126. The number of carbonyl (C=O) groups excluding carboxylic acids is 1. The first-order valence-electron chi connectivity index (χ1n) is 8.92. The van der Waals surface area contributed by atoms with Crippen molar-refractivity contribution in [2.24, 2.45) is 5.92 Å². The van der Waals surface area contributed by atoms with Gasteiger partial charge in [0, 0.05) is 44.5 Å². The Morgan fingerprint density at radius 3 is 2.88 bits per heavy atom. The summed E-state index contributed by atoms with van der Waals surface area (Å²) in [5.74, 6) is 2.77. The largest absolute Gasteiger partial charge is 0.351 e. The molecule has 2 aliphatic heterocycles. The molecule has 0 bridgehead atoms. The Bertz CT molecular complexity index is 745. The molecule has 1 amide bonds. The van der Waals surface area contributed by atoms with Crippen molar-refractivity contribution in [2.45, 2.75) is 45.2 Å². The Balaban J connectivity index is 1.37. The average Bonchev–Trinajstić information content (AvgIpc) is 3.03. The van der Waals surface area contributed by atoms with Crippen LogP contribution in [0.1, 0.15) is 30.9 Å². The van der Waals surface area contributed by atoms with Crippen LogP contribution in [0, 0.1) is 12.8 Å². The van der Waals surface area contributed by atoms with Crippen molar-refractivity contribution in [2.75, 3.05) is 18.0 Å². The number of hydrogen-bond acceptors (Lipinski definition) is 6. The number of hydrogen-bond donors (Lipinski definition) is 1. The van der Waals surface area contributed by atoms with Crippen molar-refractivity contribution >= 4 is 11.9 Å². The van der Waals surface area contributed by atoms with Crippen LogP contribution in [0.15, 0.2) is 18.5 Å². The normalized spacial score (nSPS) is 23.2. The number of aryl methyl sites for hydroxylation is 2. The van der Waals surface area contributed by atoms with Crippen molar-refractivity contribution in [1.29, 1.82) is 0 Å². The number of anilines is 1. The van der Waals surface area contributed by atoms with E-state index in [1.807, 2.05) is 13.0 Å². The van der Waals surface area contributed by atoms with Gasteiger partial charge in [0.2, 0.25) is 11.9 Å². The Hall–Kier alpha value is -2.51.